The van der Waals surface area contributed by atoms with Crippen molar-refractivity contribution in [1.29, 1.82) is 0 Å². The van der Waals surface area contributed by atoms with Crippen LogP contribution in [0.1, 0.15) is 38.8 Å². The van der Waals surface area contributed by atoms with Gasteiger partial charge in [0.2, 0.25) is 0 Å². The molecule has 3 nitrogen and oxygen atoms in total. The molecule has 0 aliphatic heterocycles. The second-order valence-electron chi connectivity index (χ2n) is 4.23. The lowest BCUT2D eigenvalue weighted by molar-refractivity contribution is 0.0693. The van der Waals surface area contributed by atoms with Crippen LogP contribution in [0.25, 0.3) is 0 Å². The van der Waals surface area contributed by atoms with Crippen molar-refractivity contribution in [2.75, 3.05) is 0 Å². The monoisotopic (exact) mass is 281 g/mol. The predicted octanol–water partition coefficient (Wildman–Crippen LogP) is 2.80. The van der Waals surface area contributed by atoms with E-state index in [1.54, 1.807) is 30.3 Å². The average Bonchev–Trinajstić information content (AvgIpc) is 2.46. The summed E-state index contributed by atoms with van der Waals surface area (Å²) in [5.74, 6) is -1.35. The highest BCUT2D eigenvalue weighted by Crippen LogP contribution is 2.15. The van der Waals surface area contributed by atoms with Gasteiger partial charge in [0.1, 0.15) is 0 Å². The lowest BCUT2D eigenvalue weighted by Crippen LogP contribution is -2.09. The normalized spacial score (nSPS) is 9.65. The molecule has 0 bridgehead atoms. The van der Waals surface area contributed by atoms with E-state index in [1.165, 1.54) is 6.07 Å². The molecule has 0 unspecified atom stereocenters. The van der Waals surface area contributed by atoms with Crippen molar-refractivity contribution >= 4 is 29.1 Å². The number of benzene rings is 2. The summed E-state index contributed by atoms with van der Waals surface area (Å²) in [6.07, 6.45) is 0.903. The van der Waals surface area contributed by atoms with Crippen LogP contribution in [-0.2, 0) is 6.42 Å². The van der Waals surface area contributed by atoms with E-state index in [9.17, 15) is 9.59 Å². The van der Waals surface area contributed by atoms with Crippen LogP contribution >= 0.6 is 0 Å². The van der Waals surface area contributed by atoms with E-state index >= 15 is 0 Å². The Hall–Kier alpha value is -1.89. The van der Waals surface area contributed by atoms with E-state index in [1.807, 2.05) is 19.1 Å². The molecular formula is C16H14AlO3. The van der Waals surface area contributed by atoms with Crippen LogP contribution < -0.4 is 0 Å². The molecule has 0 aliphatic rings. The van der Waals surface area contributed by atoms with Gasteiger partial charge in [0.05, 0.1) is 5.56 Å². The highest BCUT2D eigenvalue weighted by molar-refractivity contribution is 6.14. The van der Waals surface area contributed by atoms with E-state index < -0.39 is 5.97 Å². The van der Waals surface area contributed by atoms with Gasteiger partial charge in [-0.25, -0.2) is 4.79 Å². The molecule has 0 amide bonds. The van der Waals surface area contributed by atoms with Gasteiger partial charge in [-0.05, 0) is 18.1 Å². The Kier molecular flexibility index (Phi) is 5.69. The van der Waals surface area contributed by atoms with E-state index in [4.69, 9.17) is 5.11 Å². The molecule has 1 N–H and O–H groups in total. The smallest absolute Gasteiger partial charge is 0.336 e. The fourth-order valence-corrected chi connectivity index (χ4v) is 1.91. The molecule has 0 saturated heterocycles. The first-order valence-corrected chi connectivity index (χ1v) is 6.09. The minimum atomic E-state index is -1.09. The van der Waals surface area contributed by atoms with Gasteiger partial charge in [0.15, 0.2) is 5.78 Å². The van der Waals surface area contributed by atoms with Crippen molar-refractivity contribution in [1.82, 2.24) is 0 Å². The van der Waals surface area contributed by atoms with Gasteiger partial charge in [0.25, 0.3) is 0 Å². The number of aryl methyl sites for hydroxylation is 1. The molecule has 0 aliphatic carbocycles. The lowest BCUT2D eigenvalue weighted by atomic mass is 9.97. The number of ketones is 1. The zero-order chi connectivity index (χ0) is 13.8. The van der Waals surface area contributed by atoms with Gasteiger partial charge in [-0.15, -0.1) is 0 Å². The largest absolute Gasteiger partial charge is 0.478 e. The summed E-state index contributed by atoms with van der Waals surface area (Å²) in [7, 11) is 0. The van der Waals surface area contributed by atoms with Gasteiger partial charge in [-0.2, -0.15) is 0 Å². The molecule has 4 heteroatoms. The van der Waals surface area contributed by atoms with Crippen molar-refractivity contribution in [3.05, 3.63) is 70.8 Å². The van der Waals surface area contributed by atoms with E-state index in [0.717, 1.165) is 12.0 Å². The Morgan fingerprint density at radius 1 is 0.950 bits per heavy atom. The summed E-state index contributed by atoms with van der Waals surface area (Å²) in [6.45, 7) is 2.04. The number of aromatic carboxylic acids is 1. The zero-order valence-corrected chi connectivity index (χ0v) is 12.3. The predicted molar refractivity (Wildman–Crippen MR) is 78.4 cm³/mol. The van der Waals surface area contributed by atoms with E-state index in [-0.39, 0.29) is 34.3 Å². The van der Waals surface area contributed by atoms with Crippen LogP contribution in [0.2, 0.25) is 0 Å². The van der Waals surface area contributed by atoms with Gasteiger partial charge >= 0.3 is 5.97 Å². The van der Waals surface area contributed by atoms with Gasteiger partial charge in [-0.1, -0.05) is 49.4 Å². The van der Waals surface area contributed by atoms with Gasteiger partial charge in [0, 0.05) is 28.5 Å². The second-order valence-corrected chi connectivity index (χ2v) is 4.23. The zero-order valence-electron chi connectivity index (χ0n) is 11.2. The molecule has 0 spiro atoms. The summed E-state index contributed by atoms with van der Waals surface area (Å²) in [5, 5.41) is 9.09. The Bertz CT molecular complexity index is 618. The summed E-state index contributed by atoms with van der Waals surface area (Å²) in [5.41, 5.74) is 1.90. The first-order chi connectivity index (χ1) is 9.13. The first kappa shape index (κ1) is 16.2. The maximum atomic E-state index is 12.3. The third kappa shape index (κ3) is 3.36. The minimum absolute atomic E-state index is 0. The number of carboxylic acids is 1. The van der Waals surface area contributed by atoms with Crippen molar-refractivity contribution < 1.29 is 14.7 Å². The summed E-state index contributed by atoms with van der Waals surface area (Å²) < 4.78 is 0. The van der Waals surface area contributed by atoms with Gasteiger partial charge in [-0.3, -0.25) is 4.79 Å². The summed E-state index contributed by atoms with van der Waals surface area (Å²) >= 11 is 0. The topological polar surface area (TPSA) is 54.4 Å². The van der Waals surface area contributed by atoms with E-state index in [2.05, 4.69) is 0 Å². The molecule has 3 radical (unpaired) electrons. The molecular weight excluding hydrogens is 267 g/mol. The molecule has 0 aromatic heterocycles. The molecule has 0 saturated carbocycles. The maximum Gasteiger partial charge on any atom is 0.336 e. The second kappa shape index (κ2) is 7.04. The van der Waals surface area contributed by atoms with Crippen LogP contribution in [0.15, 0.2) is 48.5 Å². The Balaban J connectivity index is 0.00000200. The molecule has 0 atom stereocenters. The van der Waals surface area contributed by atoms with E-state index in [0.29, 0.717) is 5.56 Å². The highest BCUT2D eigenvalue weighted by Gasteiger charge is 2.16. The van der Waals surface area contributed by atoms with Crippen molar-refractivity contribution in [2.45, 2.75) is 13.3 Å². The van der Waals surface area contributed by atoms with Crippen LogP contribution in [0, 0.1) is 0 Å². The molecule has 2 aromatic carbocycles. The van der Waals surface area contributed by atoms with Crippen molar-refractivity contribution in [3.8, 4) is 0 Å². The van der Waals surface area contributed by atoms with Crippen molar-refractivity contribution in [3.63, 3.8) is 0 Å². The highest BCUT2D eigenvalue weighted by atomic mass is 27.0. The number of carbonyl (C=O) groups excluding carboxylic acids is 1. The molecule has 2 rings (SSSR count). The molecule has 0 heterocycles. The standard InChI is InChI=1S/C16H14O3.Al/c1-2-11-7-9-12(10-8-11)15(17)13-5-3-4-6-14(13)16(18)19;/h3-10H,2H2,1H3,(H,18,19);. The molecule has 99 valence electrons. The Morgan fingerprint density at radius 3 is 2.00 bits per heavy atom. The van der Waals surface area contributed by atoms with Crippen LogP contribution in [-0.4, -0.2) is 34.2 Å². The number of carboxylic acid groups (broad SMARTS) is 1. The SMILES string of the molecule is CCc1ccc(C(=O)c2ccccc2C(=O)O)cc1.[Al]. The summed E-state index contributed by atoms with van der Waals surface area (Å²) in [6, 6.07) is 13.5. The number of carbonyl (C=O) groups is 2. The number of hydrogen-bond donors (Lipinski definition) is 1. The minimum Gasteiger partial charge on any atom is -0.478 e. The average molecular weight is 281 g/mol. The number of rotatable bonds is 4. The van der Waals surface area contributed by atoms with Crippen molar-refractivity contribution in [2.24, 2.45) is 0 Å². The van der Waals surface area contributed by atoms with Gasteiger partial charge < -0.3 is 5.11 Å². The molecule has 2 aromatic rings. The van der Waals surface area contributed by atoms with Crippen LogP contribution in [0.3, 0.4) is 0 Å². The fraction of sp³-hybridized carbons (Fsp3) is 0.125. The lowest BCUT2D eigenvalue weighted by Gasteiger charge is -2.05. The third-order valence-electron chi connectivity index (χ3n) is 3.03. The maximum absolute atomic E-state index is 12.3. The fourth-order valence-electron chi connectivity index (χ4n) is 1.91. The third-order valence-corrected chi connectivity index (χ3v) is 3.03. The van der Waals surface area contributed by atoms with Crippen LogP contribution in [0.5, 0.6) is 0 Å². The molecule has 0 fully saturated rings. The Labute approximate surface area is 128 Å². The number of hydrogen-bond acceptors (Lipinski definition) is 2. The Morgan fingerprint density at radius 2 is 1.50 bits per heavy atom. The first-order valence-electron chi connectivity index (χ1n) is 6.09. The van der Waals surface area contributed by atoms with Crippen LogP contribution in [0.4, 0.5) is 0 Å². The molecule has 20 heavy (non-hydrogen) atoms. The summed E-state index contributed by atoms with van der Waals surface area (Å²) in [4.78, 5) is 23.4. The quantitative estimate of drug-likeness (QED) is 0.692.